The summed E-state index contributed by atoms with van der Waals surface area (Å²) in [6.45, 7) is 0. The molecule has 1 amide bonds. The van der Waals surface area contributed by atoms with Crippen LogP contribution in [0.5, 0.6) is 0 Å². The highest BCUT2D eigenvalue weighted by Crippen LogP contribution is 2.06. The Morgan fingerprint density at radius 3 is 2.40 bits per heavy atom. The lowest BCUT2D eigenvalue weighted by molar-refractivity contribution is -0.427. The smallest absolute Gasteiger partial charge is 0.278 e. The molecule has 0 saturated carbocycles. The Morgan fingerprint density at radius 2 is 1.90 bits per heavy atom. The largest absolute Gasteiger partial charge is 0.355 e. The summed E-state index contributed by atoms with van der Waals surface area (Å²) in [6, 6.07) is 0. The fourth-order valence-corrected chi connectivity index (χ4v) is 0.821. The first kappa shape index (κ1) is 6.87. The molecule has 1 saturated heterocycles. The average Bonchev–Trinajstić information content (AvgIpc) is 1.82. The minimum atomic E-state index is -1.20. The molecule has 0 aromatic carbocycles. The van der Waals surface area contributed by atoms with Crippen molar-refractivity contribution in [2.24, 2.45) is 0 Å². The van der Waals surface area contributed by atoms with Crippen LogP contribution in [0.4, 0.5) is 0 Å². The maximum Gasteiger partial charge on any atom is 0.355 e. The number of nitroso groups, excluding NO2 is 1. The van der Waals surface area contributed by atoms with Gasteiger partial charge < -0.3 is 0 Å². The number of hydrazine groups is 1. The number of rotatable bonds is 0. The average molecular weight is 161 g/mol. The summed E-state index contributed by atoms with van der Waals surface area (Å²) in [5.74, 6) is -2.38. The van der Waals surface area contributed by atoms with E-state index in [1.807, 2.05) is 0 Å². The number of carbonyl (C=O) groups excluding carboxylic acids is 3. The van der Waals surface area contributed by atoms with Crippen LogP contribution in [0.15, 0.2) is 0 Å². The summed E-state index contributed by atoms with van der Waals surface area (Å²) >= 11 is 0.110. The van der Waals surface area contributed by atoms with Crippen molar-refractivity contribution in [3.05, 3.63) is 4.91 Å². The molecule has 1 rings (SSSR count). The van der Waals surface area contributed by atoms with Gasteiger partial charge in [-0.3, -0.25) is 14.4 Å². The van der Waals surface area contributed by atoms with Crippen molar-refractivity contribution >= 4 is 28.8 Å². The number of Topliss-reactive ketones (excluding diaryl/α,β-unsaturated/α-hetero) is 1. The van der Waals surface area contributed by atoms with Crippen LogP contribution in [0.1, 0.15) is 0 Å². The second-order valence-corrected chi connectivity index (χ2v) is 2.29. The molecule has 0 unspecified atom stereocenters. The summed E-state index contributed by atoms with van der Waals surface area (Å²) in [5.41, 5.74) is 1.59. The molecular weight excluding hydrogens is 160 g/mol. The highest BCUT2D eigenvalue weighted by molar-refractivity contribution is 8.10. The van der Waals surface area contributed by atoms with Crippen LogP contribution in [0.3, 0.4) is 0 Å². The summed E-state index contributed by atoms with van der Waals surface area (Å²) in [4.78, 5) is 41.1. The summed E-state index contributed by atoms with van der Waals surface area (Å²) in [5, 5.41) is -1.06. The van der Waals surface area contributed by atoms with E-state index in [2.05, 4.69) is 0 Å². The van der Waals surface area contributed by atoms with E-state index in [0.29, 0.717) is 0 Å². The van der Waals surface area contributed by atoms with E-state index in [4.69, 9.17) is 0 Å². The Morgan fingerprint density at radius 1 is 1.30 bits per heavy atom. The van der Waals surface area contributed by atoms with E-state index >= 15 is 0 Å². The summed E-state index contributed by atoms with van der Waals surface area (Å²) in [6.07, 6.45) is 0. The van der Waals surface area contributed by atoms with Gasteiger partial charge in [-0.05, 0) is 0 Å². The van der Waals surface area contributed by atoms with Gasteiger partial charge in [-0.2, -0.15) is 0 Å². The lowest BCUT2D eigenvalue weighted by Gasteiger charge is -1.95. The molecule has 0 aliphatic carbocycles. The molecule has 0 spiro atoms. The van der Waals surface area contributed by atoms with Crippen LogP contribution >= 0.6 is 11.9 Å². The zero-order valence-electron chi connectivity index (χ0n) is 4.49. The first-order valence-electron chi connectivity index (χ1n) is 2.16. The first-order valence-corrected chi connectivity index (χ1v) is 2.93. The normalized spacial score (nSPS) is 19.2. The van der Waals surface area contributed by atoms with Crippen molar-refractivity contribution in [1.29, 1.82) is 0 Å². The molecule has 7 heteroatoms. The van der Waals surface area contributed by atoms with Gasteiger partial charge in [0, 0.05) is 0 Å². The van der Waals surface area contributed by atoms with Crippen molar-refractivity contribution in [3.63, 3.8) is 0 Å². The van der Waals surface area contributed by atoms with Crippen LogP contribution in [-0.2, 0) is 14.4 Å². The summed E-state index contributed by atoms with van der Waals surface area (Å²) in [7, 11) is 0. The molecule has 0 radical (unpaired) electrons. The predicted octanol–water partition coefficient (Wildman–Crippen LogP) is -1.45. The van der Waals surface area contributed by atoms with Crippen molar-refractivity contribution in [3.8, 4) is 0 Å². The van der Waals surface area contributed by atoms with E-state index in [0.717, 1.165) is 0 Å². The number of ketones is 1. The van der Waals surface area contributed by atoms with Crippen LogP contribution in [0, 0.1) is 4.91 Å². The molecule has 1 heterocycles. The lowest BCUT2D eigenvalue weighted by atomic mass is 10.4. The van der Waals surface area contributed by atoms with E-state index in [9.17, 15) is 19.3 Å². The van der Waals surface area contributed by atoms with Crippen molar-refractivity contribution in [2.75, 3.05) is 0 Å². The van der Waals surface area contributed by atoms with Crippen LogP contribution in [0.25, 0.3) is 0 Å². The third-order valence-corrected chi connectivity index (χ3v) is 1.36. The maximum atomic E-state index is 10.3. The molecule has 1 fully saturated rings. The topological polar surface area (TPSA) is 83.3 Å². The quantitative estimate of drug-likeness (QED) is 0.267. The Balaban J connectivity index is 2.86. The van der Waals surface area contributed by atoms with Crippen molar-refractivity contribution in [2.45, 2.75) is 0 Å². The Labute approximate surface area is 58.6 Å². The molecule has 0 bridgehead atoms. The predicted molar refractivity (Wildman–Crippen MR) is 29.4 cm³/mol. The fourth-order valence-electron chi connectivity index (χ4n) is 0.366. The fraction of sp³-hybridized carbons (Fsp3) is 0. The van der Waals surface area contributed by atoms with E-state index in [1.165, 1.54) is 0 Å². The third-order valence-electron chi connectivity index (χ3n) is 0.750. The third kappa shape index (κ3) is 1.03. The van der Waals surface area contributed by atoms with Crippen LogP contribution < -0.4 is 5.43 Å². The molecule has 52 valence electrons. The summed E-state index contributed by atoms with van der Waals surface area (Å²) < 4.78 is -0.0634. The van der Waals surface area contributed by atoms with Gasteiger partial charge in [-0.1, -0.05) is 5.43 Å². The second-order valence-electron chi connectivity index (χ2n) is 1.41. The number of amides is 1. The molecule has 0 aromatic heterocycles. The van der Waals surface area contributed by atoms with Gasteiger partial charge in [-0.15, -0.1) is 0 Å². The maximum absolute atomic E-state index is 10.3. The molecule has 1 aliphatic heterocycles. The van der Waals surface area contributed by atoms with Gasteiger partial charge >= 0.3 is 28.8 Å². The van der Waals surface area contributed by atoms with Crippen LogP contribution in [0.2, 0.25) is 0 Å². The van der Waals surface area contributed by atoms with Crippen molar-refractivity contribution < 1.29 is 18.7 Å². The number of nitrogens with one attached hydrogen (secondary N) is 1. The van der Waals surface area contributed by atoms with Crippen molar-refractivity contribution in [1.82, 2.24) is 5.43 Å². The van der Waals surface area contributed by atoms with Gasteiger partial charge in [0.05, 0.1) is 4.91 Å². The Bertz CT molecular complexity index is 225. The zero-order chi connectivity index (χ0) is 7.72. The number of hydrogen-bond donors (Lipinski definition) is 1. The molecular formula is C3HN2O4S+. The lowest BCUT2D eigenvalue weighted by Crippen LogP contribution is -2.43. The minimum Gasteiger partial charge on any atom is -0.278 e. The highest BCUT2D eigenvalue weighted by atomic mass is 32.2. The Hall–Kier alpha value is -1.24. The standard InChI is InChI=1S/C3N2O4S/c6-1-2(7)4-5(9)10-3(1)8/p+1. The van der Waals surface area contributed by atoms with Gasteiger partial charge in [0.1, 0.15) is 0 Å². The SMILES string of the molecule is O=C1N[N+](=O)SC(=O)C1=O. The molecule has 0 aromatic rings. The monoisotopic (exact) mass is 161 g/mol. The van der Waals surface area contributed by atoms with Crippen LogP contribution in [-0.4, -0.2) is 21.1 Å². The van der Waals surface area contributed by atoms with E-state index in [1.54, 1.807) is 5.43 Å². The van der Waals surface area contributed by atoms with Gasteiger partial charge in [-0.25, -0.2) is 0 Å². The zero-order valence-corrected chi connectivity index (χ0v) is 5.30. The van der Waals surface area contributed by atoms with Gasteiger partial charge in [0.2, 0.25) is 4.27 Å². The van der Waals surface area contributed by atoms with E-state index < -0.39 is 16.8 Å². The first-order chi connectivity index (χ1) is 4.61. The van der Waals surface area contributed by atoms with E-state index in [-0.39, 0.29) is 16.2 Å². The molecule has 1 aliphatic rings. The molecule has 10 heavy (non-hydrogen) atoms. The molecule has 0 atom stereocenters. The Kier molecular flexibility index (Phi) is 1.50. The van der Waals surface area contributed by atoms with Gasteiger partial charge in [0.25, 0.3) is 0 Å². The minimum absolute atomic E-state index is 0.0634. The highest BCUT2D eigenvalue weighted by Gasteiger charge is 2.40. The molecule has 1 N–H and O–H groups in total. The number of nitrogens with zero attached hydrogens (tertiary/aromatic N) is 1. The number of hydrogen-bond acceptors (Lipinski definition) is 5. The molecule has 6 nitrogen and oxygen atoms in total. The van der Waals surface area contributed by atoms with Gasteiger partial charge in [0.15, 0.2) is 0 Å². The second kappa shape index (κ2) is 2.18. The number of carbonyl (C=O) groups is 3.